The fraction of sp³-hybridized carbons (Fsp3) is 0.286. The summed E-state index contributed by atoms with van der Waals surface area (Å²) in [6.45, 7) is 2.00. The van der Waals surface area contributed by atoms with Crippen molar-refractivity contribution in [3.05, 3.63) is 29.1 Å². The molecule has 1 fully saturated rings. The van der Waals surface area contributed by atoms with Crippen LogP contribution in [0.1, 0.15) is 9.67 Å². The fourth-order valence-corrected chi connectivity index (χ4v) is 3.09. The number of ether oxygens (including phenoxy) is 1. The minimum atomic E-state index is -0.297. The third-order valence-electron chi connectivity index (χ3n) is 3.24. The molecule has 7 heteroatoms. The number of nitrogens with zero attached hydrogens (tertiary/aromatic N) is 2. The molecule has 0 bridgehead atoms. The molecule has 1 saturated heterocycles. The minimum Gasteiger partial charge on any atom is -0.507 e. The van der Waals surface area contributed by atoms with Crippen LogP contribution in [0.5, 0.6) is 11.6 Å². The molecule has 21 heavy (non-hydrogen) atoms. The fourth-order valence-electron chi connectivity index (χ4n) is 2.13. The van der Waals surface area contributed by atoms with Gasteiger partial charge in [-0.05, 0) is 12.1 Å². The SMILES string of the molecule is O=C(c1sc(-c2ccccc2O)nc1O)N1CCOCC1. The summed E-state index contributed by atoms with van der Waals surface area (Å²) in [4.78, 5) is 18.2. The van der Waals surface area contributed by atoms with E-state index in [1.165, 1.54) is 6.07 Å². The van der Waals surface area contributed by atoms with Crippen molar-refractivity contribution >= 4 is 17.2 Å². The molecule has 0 saturated carbocycles. The molecule has 110 valence electrons. The average molecular weight is 306 g/mol. The monoisotopic (exact) mass is 306 g/mol. The molecule has 0 spiro atoms. The minimum absolute atomic E-state index is 0.0663. The Balaban J connectivity index is 1.91. The van der Waals surface area contributed by atoms with Gasteiger partial charge in [0, 0.05) is 13.1 Å². The van der Waals surface area contributed by atoms with Gasteiger partial charge in [-0.3, -0.25) is 4.79 Å². The van der Waals surface area contributed by atoms with Gasteiger partial charge in [-0.25, -0.2) is 4.98 Å². The molecular weight excluding hydrogens is 292 g/mol. The molecule has 0 aliphatic carbocycles. The lowest BCUT2D eigenvalue weighted by molar-refractivity contribution is 0.0304. The summed E-state index contributed by atoms with van der Waals surface area (Å²) in [6.07, 6.45) is 0. The first-order valence-electron chi connectivity index (χ1n) is 6.52. The van der Waals surface area contributed by atoms with E-state index in [1.807, 2.05) is 0 Å². The highest BCUT2D eigenvalue weighted by molar-refractivity contribution is 7.17. The molecule has 0 unspecified atom stereocenters. The summed E-state index contributed by atoms with van der Waals surface area (Å²) in [5, 5.41) is 20.2. The average Bonchev–Trinajstić information content (AvgIpc) is 2.89. The first-order valence-corrected chi connectivity index (χ1v) is 7.33. The molecule has 1 amide bonds. The second-order valence-corrected chi connectivity index (χ2v) is 5.59. The largest absolute Gasteiger partial charge is 0.507 e. The van der Waals surface area contributed by atoms with E-state index in [-0.39, 0.29) is 22.4 Å². The van der Waals surface area contributed by atoms with Crippen LogP contribution in [-0.4, -0.2) is 52.3 Å². The molecule has 1 aliphatic heterocycles. The number of aromatic nitrogens is 1. The predicted octanol–water partition coefficient (Wildman–Crippen LogP) is 1.69. The second-order valence-electron chi connectivity index (χ2n) is 4.59. The number of carbonyl (C=O) groups is 1. The second kappa shape index (κ2) is 5.71. The summed E-state index contributed by atoms with van der Waals surface area (Å²) in [5.74, 6) is -0.485. The number of phenols is 1. The van der Waals surface area contributed by atoms with E-state index < -0.39 is 0 Å². The van der Waals surface area contributed by atoms with Crippen molar-refractivity contribution in [1.29, 1.82) is 0 Å². The van der Waals surface area contributed by atoms with Gasteiger partial charge < -0.3 is 19.8 Å². The maximum atomic E-state index is 12.4. The molecule has 6 nitrogen and oxygen atoms in total. The number of benzene rings is 1. The third kappa shape index (κ3) is 2.70. The quantitative estimate of drug-likeness (QED) is 0.882. The van der Waals surface area contributed by atoms with Crippen molar-refractivity contribution < 1.29 is 19.7 Å². The van der Waals surface area contributed by atoms with Gasteiger partial charge in [0.15, 0.2) is 4.88 Å². The highest BCUT2D eigenvalue weighted by Crippen LogP contribution is 2.36. The van der Waals surface area contributed by atoms with Crippen molar-refractivity contribution in [2.24, 2.45) is 0 Å². The van der Waals surface area contributed by atoms with Crippen LogP contribution in [0.4, 0.5) is 0 Å². The Morgan fingerprint density at radius 2 is 1.95 bits per heavy atom. The molecule has 2 heterocycles. The van der Waals surface area contributed by atoms with E-state index in [0.717, 1.165) is 11.3 Å². The first-order chi connectivity index (χ1) is 10.2. The van der Waals surface area contributed by atoms with E-state index in [0.29, 0.717) is 36.9 Å². The zero-order valence-corrected chi connectivity index (χ0v) is 12.0. The molecule has 2 N–H and O–H groups in total. The van der Waals surface area contributed by atoms with E-state index in [4.69, 9.17) is 4.74 Å². The maximum Gasteiger partial charge on any atom is 0.269 e. The molecule has 1 aromatic heterocycles. The highest BCUT2D eigenvalue weighted by atomic mass is 32.1. The summed E-state index contributed by atoms with van der Waals surface area (Å²) in [5.41, 5.74) is 0.499. The topological polar surface area (TPSA) is 82.9 Å². The van der Waals surface area contributed by atoms with Crippen LogP contribution in [0.15, 0.2) is 24.3 Å². The smallest absolute Gasteiger partial charge is 0.269 e. The zero-order valence-electron chi connectivity index (χ0n) is 11.2. The third-order valence-corrected chi connectivity index (χ3v) is 4.30. The number of hydrogen-bond donors (Lipinski definition) is 2. The van der Waals surface area contributed by atoms with Crippen molar-refractivity contribution in [2.75, 3.05) is 26.3 Å². The number of carbonyl (C=O) groups excluding carboxylic acids is 1. The Morgan fingerprint density at radius 3 is 2.67 bits per heavy atom. The number of phenolic OH excluding ortho intramolecular Hbond substituents is 1. The van der Waals surface area contributed by atoms with E-state index >= 15 is 0 Å². The molecule has 1 aromatic carbocycles. The molecule has 2 aromatic rings. The number of hydrogen-bond acceptors (Lipinski definition) is 6. The van der Waals surface area contributed by atoms with Crippen molar-refractivity contribution in [3.63, 3.8) is 0 Å². The normalized spacial score (nSPS) is 15.1. The lowest BCUT2D eigenvalue weighted by Crippen LogP contribution is -2.40. The van der Waals surface area contributed by atoms with Crippen LogP contribution in [0.3, 0.4) is 0 Å². The van der Waals surface area contributed by atoms with Crippen molar-refractivity contribution in [2.45, 2.75) is 0 Å². The van der Waals surface area contributed by atoms with Gasteiger partial charge in [0.2, 0.25) is 5.88 Å². The Labute approximate surface area is 125 Å². The number of thiazole rings is 1. The van der Waals surface area contributed by atoms with Gasteiger partial charge >= 0.3 is 0 Å². The van der Waals surface area contributed by atoms with Crippen LogP contribution in [0.25, 0.3) is 10.6 Å². The summed E-state index contributed by atoms with van der Waals surface area (Å²) in [7, 11) is 0. The molecule has 1 aliphatic rings. The summed E-state index contributed by atoms with van der Waals surface area (Å²) in [6, 6.07) is 6.69. The predicted molar refractivity (Wildman–Crippen MR) is 77.6 cm³/mol. The number of rotatable bonds is 2. The highest BCUT2D eigenvalue weighted by Gasteiger charge is 2.25. The van der Waals surface area contributed by atoms with Crippen LogP contribution in [-0.2, 0) is 4.74 Å². The molecular formula is C14H14N2O4S. The standard InChI is InChI=1S/C14H14N2O4S/c17-10-4-2-1-3-9(10)13-15-12(18)11(21-13)14(19)16-5-7-20-8-6-16/h1-4,17-18H,5-8H2. The van der Waals surface area contributed by atoms with E-state index in [2.05, 4.69) is 4.98 Å². The summed E-state index contributed by atoms with van der Waals surface area (Å²) >= 11 is 1.08. The lowest BCUT2D eigenvalue weighted by Gasteiger charge is -2.26. The van der Waals surface area contributed by atoms with Gasteiger partial charge in [-0.2, -0.15) is 0 Å². The number of morpholine rings is 1. The van der Waals surface area contributed by atoms with Crippen molar-refractivity contribution in [1.82, 2.24) is 9.88 Å². The van der Waals surface area contributed by atoms with Crippen LogP contribution >= 0.6 is 11.3 Å². The summed E-state index contributed by atoms with van der Waals surface area (Å²) < 4.78 is 5.20. The number of aromatic hydroxyl groups is 2. The Kier molecular flexibility index (Phi) is 3.76. The number of para-hydroxylation sites is 1. The number of amides is 1. The van der Waals surface area contributed by atoms with Gasteiger partial charge in [-0.15, -0.1) is 11.3 Å². The van der Waals surface area contributed by atoms with Crippen LogP contribution < -0.4 is 0 Å². The van der Waals surface area contributed by atoms with Gasteiger partial charge in [0.25, 0.3) is 5.91 Å². The van der Waals surface area contributed by atoms with E-state index in [9.17, 15) is 15.0 Å². The van der Waals surface area contributed by atoms with E-state index in [1.54, 1.807) is 23.1 Å². The Hall–Kier alpha value is -2.12. The zero-order chi connectivity index (χ0) is 14.8. The molecule has 0 radical (unpaired) electrons. The maximum absolute atomic E-state index is 12.4. The van der Waals surface area contributed by atoms with Gasteiger partial charge in [-0.1, -0.05) is 12.1 Å². The van der Waals surface area contributed by atoms with Crippen LogP contribution in [0, 0.1) is 0 Å². The molecule has 0 atom stereocenters. The van der Waals surface area contributed by atoms with Crippen LogP contribution in [0.2, 0.25) is 0 Å². The molecule has 3 rings (SSSR count). The lowest BCUT2D eigenvalue weighted by atomic mass is 10.2. The van der Waals surface area contributed by atoms with Gasteiger partial charge in [0.05, 0.1) is 18.8 Å². The first kappa shape index (κ1) is 13.8. The van der Waals surface area contributed by atoms with Gasteiger partial charge in [0.1, 0.15) is 10.8 Å². The van der Waals surface area contributed by atoms with Crippen molar-refractivity contribution in [3.8, 4) is 22.2 Å². The Morgan fingerprint density at radius 1 is 1.24 bits per heavy atom. The Bertz CT molecular complexity index is 665.